The Hall–Kier alpha value is -1.36. The maximum Gasteiger partial charge on any atom is 0.304 e. The molecule has 5 heteroatoms. The first-order chi connectivity index (χ1) is 7.93. The van der Waals surface area contributed by atoms with Crippen molar-refractivity contribution in [3.63, 3.8) is 0 Å². The molecule has 0 aromatic carbocycles. The highest BCUT2D eigenvalue weighted by molar-refractivity contribution is 5.67. The predicted octanol–water partition coefficient (Wildman–Crippen LogP) is 1.98. The second-order valence-electron chi connectivity index (χ2n) is 4.26. The van der Waals surface area contributed by atoms with E-state index in [9.17, 15) is 4.79 Å². The lowest BCUT2D eigenvalue weighted by molar-refractivity contribution is -0.138. The largest absolute Gasteiger partial charge is 0.481 e. The number of aryl methyl sites for hydroxylation is 2. The quantitative estimate of drug-likeness (QED) is 0.823. The van der Waals surface area contributed by atoms with E-state index in [-0.39, 0.29) is 12.5 Å². The van der Waals surface area contributed by atoms with Crippen LogP contribution in [0.25, 0.3) is 0 Å². The zero-order chi connectivity index (χ0) is 13.0. The lowest BCUT2D eigenvalue weighted by Gasteiger charge is -2.25. The Balaban J connectivity index is 2.66. The number of aliphatic carboxylic acids is 1. The van der Waals surface area contributed by atoms with Crippen molar-refractivity contribution >= 4 is 5.97 Å². The van der Waals surface area contributed by atoms with Crippen LogP contribution in [-0.4, -0.2) is 33.5 Å². The lowest BCUT2D eigenvalue weighted by atomic mass is 10.2. The number of nitrogens with zero attached hydrogens (tertiary/aromatic N) is 2. The Kier molecular flexibility index (Phi) is 4.69. The predicted molar refractivity (Wildman–Crippen MR) is 63.8 cm³/mol. The highest BCUT2D eigenvalue weighted by atomic mass is 16.4. The molecule has 1 aromatic heterocycles. The minimum atomic E-state index is -0.782. The van der Waals surface area contributed by atoms with Crippen LogP contribution in [0.4, 0.5) is 0 Å². The first-order valence-corrected chi connectivity index (χ1v) is 5.82. The van der Waals surface area contributed by atoms with Gasteiger partial charge in [-0.3, -0.25) is 9.69 Å². The van der Waals surface area contributed by atoms with Gasteiger partial charge in [0.15, 0.2) is 0 Å². The van der Waals surface area contributed by atoms with Crippen molar-refractivity contribution in [1.29, 1.82) is 0 Å². The maximum atomic E-state index is 10.7. The molecule has 0 aliphatic heterocycles. The van der Waals surface area contributed by atoms with E-state index in [0.717, 1.165) is 18.0 Å². The molecule has 0 amide bonds. The molecule has 0 bridgehead atoms. The number of carbonyl (C=O) groups is 1. The molecule has 0 saturated carbocycles. The fraction of sp³-hybridized carbons (Fsp3) is 0.667. The highest BCUT2D eigenvalue weighted by Gasteiger charge is 2.18. The summed E-state index contributed by atoms with van der Waals surface area (Å²) in [5, 5.41) is 8.78. The summed E-state index contributed by atoms with van der Waals surface area (Å²) < 4.78 is 5.50. The average molecular weight is 240 g/mol. The van der Waals surface area contributed by atoms with Crippen molar-refractivity contribution in [2.75, 3.05) is 6.54 Å². The van der Waals surface area contributed by atoms with Crippen LogP contribution >= 0.6 is 0 Å². The summed E-state index contributed by atoms with van der Waals surface area (Å²) in [7, 11) is 0. The van der Waals surface area contributed by atoms with Crippen molar-refractivity contribution < 1.29 is 14.3 Å². The Morgan fingerprint density at radius 2 is 2.18 bits per heavy atom. The Labute approximate surface area is 101 Å². The van der Waals surface area contributed by atoms with Gasteiger partial charge in [0.05, 0.1) is 18.7 Å². The molecule has 17 heavy (non-hydrogen) atoms. The van der Waals surface area contributed by atoms with E-state index in [1.54, 1.807) is 0 Å². The molecule has 1 unspecified atom stereocenters. The first kappa shape index (κ1) is 13.7. The molecule has 96 valence electrons. The van der Waals surface area contributed by atoms with E-state index in [0.29, 0.717) is 12.4 Å². The molecular weight excluding hydrogens is 220 g/mol. The van der Waals surface area contributed by atoms with Gasteiger partial charge >= 0.3 is 5.97 Å². The number of carboxylic acid groups (broad SMARTS) is 1. The Bertz CT molecular complexity index is 368. The van der Waals surface area contributed by atoms with E-state index in [4.69, 9.17) is 9.52 Å². The SMILES string of the molecule is CCN(Cc1nc(C)c(C)o1)C(C)CC(=O)O. The molecule has 0 aliphatic rings. The molecule has 0 saturated heterocycles. The fourth-order valence-corrected chi connectivity index (χ4v) is 1.74. The Morgan fingerprint density at radius 1 is 1.53 bits per heavy atom. The third-order valence-electron chi connectivity index (χ3n) is 2.91. The van der Waals surface area contributed by atoms with Crippen molar-refractivity contribution in [3.8, 4) is 0 Å². The van der Waals surface area contributed by atoms with Crippen LogP contribution < -0.4 is 0 Å². The van der Waals surface area contributed by atoms with Gasteiger partial charge in [0.25, 0.3) is 0 Å². The fourth-order valence-electron chi connectivity index (χ4n) is 1.74. The second-order valence-corrected chi connectivity index (χ2v) is 4.26. The van der Waals surface area contributed by atoms with Crippen LogP contribution in [-0.2, 0) is 11.3 Å². The maximum absolute atomic E-state index is 10.7. The van der Waals surface area contributed by atoms with E-state index < -0.39 is 5.97 Å². The van der Waals surface area contributed by atoms with Gasteiger partial charge in [0.1, 0.15) is 5.76 Å². The summed E-state index contributed by atoms with van der Waals surface area (Å²) in [6, 6.07) is -0.0231. The monoisotopic (exact) mass is 240 g/mol. The first-order valence-electron chi connectivity index (χ1n) is 5.82. The summed E-state index contributed by atoms with van der Waals surface area (Å²) in [6.45, 7) is 9.01. The van der Waals surface area contributed by atoms with Crippen LogP contribution in [0.2, 0.25) is 0 Å². The van der Waals surface area contributed by atoms with Gasteiger partial charge in [-0.1, -0.05) is 6.92 Å². The van der Waals surface area contributed by atoms with Crippen molar-refractivity contribution in [3.05, 3.63) is 17.3 Å². The zero-order valence-corrected chi connectivity index (χ0v) is 10.9. The molecule has 0 spiro atoms. The minimum Gasteiger partial charge on any atom is -0.481 e. The summed E-state index contributed by atoms with van der Waals surface area (Å²) in [5.41, 5.74) is 0.891. The number of oxazole rings is 1. The molecule has 1 heterocycles. The smallest absolute Gasteiger partial charge is 0.304 e. The third-order valence-corrected chi connectivity index (χ3v) is 2.91. The standard InChI is InChI=1S/C12H20N2O3/c1-5-14(8(2)6-12(15)16)7-11-13-9(3)10(4)17-11/h8H,5-7H2,1-4H3,(H,15,16). The normalized spacial score (nSPS) is 13.0. The van der Waals surface area contributed by atoms with Gasteiger partial charge in [0.2, 0.25) is 5.89 Å². The van der Waals surface area contributed by atoms with Gasteiger partial charge in [-0.25, -0.2) is 4.98 Å². The second kappa shape index (κ2) is 5.82. The van der Waals surface area contributed by atoms with Crippen molar-refractivity contribution in [2.45, 2.75) is 46.7 Å². The number of aromatic nitrogens is 1. The van der Waals surface area contributed by atoms with E-state index >= 15 is 0 Å². The van der Waals surface area contributed by atoms with Gasteiger partial charge in [0, 0.05) is 6.04 Å². The molecule has 0 aliphatic carbocycles. The summed E-state index contributed by atoms with van der Waals surface area (Å²) in [4.78, 5) is 17.0. The van der Waals surface area contributed by atoms with Gasteiger partial charge in [-0.15, -0.1) is 0 Å². The molecular formula is C12H20N2O3. The zero-order valence-electron chi connectivity index (χ0n) is 10.9. The van der Waals surface area contributed by atoms with Crippen LogP contribution in [0.15, 0.2) is 4.42 Å². The molecule has 0 radical (unpaired) electrons. The van der Waals surface area contributed by atoms with Gasteiger partial charge in [-0.2, -0.15) is 0 Å². The molecule has 1 rings (SSSR count). The van der Waals surface area contributed by atoms with E-state index in [2.05, 4.69) is 4.98 Å². The molecule has 1 N–H and O–H groups in total. The van der Waals surface area contributed by atoms with Crippen LogP contribution in [0.5, 0.6) is 0 Å². The van der Waals surface area contributed by atoms with E-state index in [1.165, 1.54) is 0 Å². The van der Waals surface area contributed by atoms with Crippen molar-refractivity contribution in [2.24, 2.45) is 0 Å². The van der Waals surface area contributed by atoms with Gasteiger partial charge < -0.3 is 9.52 Å². The highest BCUT2D eigenvalue weighted by Crippen LogP contribution is 2.13. The average Bonchev–Trinajstić information content (AvgIpc) is 2.53. The number of rotatable bonds is 6. The number of carboxylic acids is 1. The topological polar surface area (TPSA) is 66.6 Å². The number of hydrogen-bond donors (Lipinski definition) is 1. The summed E-state index contributed by atoms with van der Waals surface area (Å²) >= 11 is 0. The van der Waals surface area contributed by atoms with Crippen LogP contribution in [0.3, 0.4) is 0 Å². The van der Waals surface area contributed by atoms with Crippen LogP contribution in [0.1, 0.15) is 37.6 Å². The summed E-state index contributed by atoms with van der Waals surface area (Å²) in [6.07, 6.45) is 0.131. The number of hydrogen-bond acceptors (Lipinski definition) is 4. The van der Waals surface area contributed by atoms with Crippen LogP contribution in [0, 0.1) is 13.8 Å². The lowest BCUT2D eigenvalue weighted by Crippen LogP contribution is -2.34. The molecule has 5 nitrogen and oxygen atoms in total. The Morgan fingerprint density at radius 3 is 2.59 bits per heavy atom. The summed E-state index contributed by atoms with van der Waals surface area (Å²) in [5.74, 6) is 0.691. The molecule has 1 aromatic rings. The third kappa shape index (κ3) is 3.85. The molecule has 1 atom stereocenters. The van der Waals surface area contributed by atoms with Gasteiger partial charge in [-0.05, 0) is 27.3 Å². The van der Waals surface area contributed by atoms with E-state index in [1.807, 2.05) is 32.6 Å². The van der Waals surface area contributed by atoms with Crippen molar-refractivity contribution in [1.82, 2.24) is 9.88 Å². The minimum absolute atomic E-state index is 0.0231. The molecule has 0 fully saturated rings.